The van der Waals surface area contributed by atoms with Crippen molar-refractivity contribution in [3.05, 3.63) is 23.9 Å². The minimum absolute atomic E-state index is 0.347. The minimum Gasteiger partial charge on any atom is -0.481 e. The fourth-order valence-electron chi connectivity index (χ4n) is 2.47. The number of hydrogen-bond acceptors (Lipinski definition) is 4. The van der Waals surface area contributed by atoms with Crippen LogP contribution in [-0.2, 0) is 11.3 Å². The van der Waals surface area contributed by atoms with Crippen LogP contribution >= 0.6 is 0 Å². The van der Waals surface area contributed by atoms with Crippen molar-refractivity contribution in [1.29, 1.82) is 0 Å². The minimum atomic E-state index is 0.347. The number of rotatable bonds is 4. The Labute approximate surface area is 109 Å². The standard InChI is InChI=1S/C14H22N2O2/c1-10-6-13(7-11(2)18-10)15-8-12-4-5-14(17-3)16-9-12/h4-5,9-11,13,15H,6-8H2,1-3H3. The van der Waals surface area contributed by atoms with Gasteiger partial charge < -0.3 is 14.8 Å². The highest BCUT2D eigenvalue weighted by Gasteiger charge is 2.23. The van der Waals surface area contributed by atoms with Crippen LogP contribution in [0.4, 0.5) is 0 Å². The van der Waals surface area contributed by atoms with E-state index in [1.807, 2.05) is 18.3 Å². The molecule has 0 bridgehead atoms. The van der Waals surface area contributed by atoms with E-state index in [1.54, 1.807) is 7.11 Å². The van der Waals surface area contributed by atoms with E-state index < -0.39 is 0 Å². The van der Waals surface area contributed by atoms with Crippen molar-refractivity contribution in [2.75, 3.05) is 7.11 Å². The highest BCUT2D eigenvalue weighted by Crippen LogP contribution is 2.19. The first-order chi connectivity index (χ1) is 8.67. The second-order valence-electron chi connectivity index (χ2n) is 5.02. The van der Waals surface area contributed by atoms with Crippen LogP contribution in [0, 0.1) is 0 Å². The smallest absolute Gasteiger partial charge is 0.212 e. The first kappa shape index (κ1) is 13.3. The molecule has 1 aromatic heterocycles. The van der Waals surface area contributed by atoms with Gasteiger partial charge in [0.05, 0.1) is 19.3 Å². The van der Waals surface area contributed by atoms with Crippen LogP contribution in [0.15, 0.2) is 18.3 Å². The molecule has 0 spiro atoms. The third-order valence-electron chi connectivity index (χ3n) is 3.30. The molecule has 0 saturated carbocycles. The van der Waals surface area contributed by atoms with Crippen LogP contribution in [0.1, 0.15) is 32.3 Å². The quantitative estimate of drug-likeness (QED) is 0.889. The highest BCUT2D eigenvalue weighted by molar-refractivity contribution is 5.17. The van der Waals surface area contributed by atoms with Crippen LogP contribution in [-0.4, -0.2) is 30.3 Å². The topological polar surface area (TPSA) is 43.4 Å². The SMILES string of the molecule is COc1ccc(CNC2CC(C)OC(C)C2)cn1. The number of aromatic nitrogens is 1. The maximum Gasteiger partial charge on any atom is 0.212 e. The second-order valence-corrected chi connectivity index (χ2v) is 5.02. The molecule has 1 aromatic rings. The Morgan fingerprint density at radius 1 is 1.33 bits per heavy atom. The van der Waals surface area contributed by atoms with Crippen molar-refractivity contribution in [3.8, 4) is 5.88 Å². The molecule has 1 aliphatic heterocycles. The summed E-state index contributed by atoms with van der Waals surface area (Å²) < 4.78 is 10.8. The molecule has 1 N–H and O–H groups in total. The van der Waals surface area contributed by atoms with Crippen LogP contribution < -0.4 is 10.1 Å². The van der Waals surface area contributed by atoms with Gasteiger partial charge in [-0.05, 0) is 32.3 Å². The zero-order valence-electron chi connectivity index (χ0n) is 11.3. The summed E-state index contributed by atoms with van der Waals surface area (Å²) in [6.45, 7) is 5.12. The van der Waals surface area contributed by atoms with Crippen LogP contribution in [0.5, 0.6) is 5.88 Å². The van der Waals surface area contributed by atoms with Crippen LogP contribution in [0.25, 0.3) is 0 Å². The van der Waals surface area contributed by atoms with E-state index >= 15 is 0 Å². The lowest BCUT2D eigenvalue weighted by Gasteiger charge is -2.32. The van der Waals surface area contributed by atoms with E-state index in [0.717, 1.165) is 19.4 Å². The number of nitrogens with one attached hydrogen (secondary N) is 1. The van der Waals surface area contributed by atoms with Gasteiger partial charge in [0.25, 0.3) is 0 Å². The third-order valence-corrected chi connectivity index (χ3v) is 3.30. The molecule has 2 unspecified atom stereocenters. The van der Waals surface area contributed by atoms with Gasteiger partial charge in [-0.15, -0.1) is 0 Å². The number of ether oxygens (including phenoxy) is 2. The lowest BCUT2D eigenvalue weighted by molar-refractivity contribution is -0.0422. The molecule has 18 heavy (non-hydrogen) atoms. The van der Waals surface area contributed by atoms with Crippen LogP contribution in [0.2, 0.25) is 0 Å². The zero-order chi connectivity index (χ0) is 13.0. The normalized spacial score (nSPS) is 28.1. The van der Waals surface area contributed by atoms with Crippen molar-refractivity contribution >= 4 is 0 Å². The maximum atomic E-state index is 5.73. The van der Waals surface area contributed by atoms with E-state index in [-0.39, 0.29) is 0 Å². The fraction of sp³-hybridized carbons (Fsp3) is 0.643. The first-order valence-electron chi connectivity index (χ1n) is 6.55. The number of hydrogen-bond donors (Lipinski definition) is 1. The Kier molecular flexibility index (Phi) is 4.55. The van der Waals surface area contributed by atoms with Gasteiger partial charge in [0, 0.05) is 24.8 Å². The van der Waals surface area contributed by atoms with Crippen molar-refractivity contribution < 1.29 is 9.47 Å². The number of methoxy groups -OCH3 is 1. The summed E-state index contributed by atoms with van der Waals surface area (Å²) in [4.78, 5) is 4.20. The molecule has 0 radical (unpaired) electrons. The van der Waals surface area contributed by atoms with Gasteiger partial charge in [0.2, 0.25) is 5.88 Å². The number of pyridine rings is 1. The summed E-state index contributed by atoms with van der Waals surface area (Å²) in [5.41, 5.74) is 1.18. The molecule has 1 aliphatic rings. The van der Waals surface area contributed by atoms with Crippen molar-refractivity contribution in [2.24, 2.45) is 0 Å². The summed E-state index contributed by atoms with van der Waals surface area (Å²) in [5.74, 6) is 0.659. The largest absolute Gasteiger partial charge is 0.481 e. The first-order valence-corrected chi connectivity index (χ1v) is 6.55. The van der Waals surface area contributed by atoms with E-state index in [1.165, 1.54) is 5.56 Å². The van der Waals surface area contributed by atoms with E-state index in [2.05, 4.69) is 24.1 Å². The zero-order valence-corrected chi connectivity index (χ0v) is 11.3. The van der Waals surface area contributed by atoms with Crippen molar-refractivity contribution in [3.63, 3.8) is 0 Å². The fourth-order valence-corrected chi connectivity index (χ4v) is 2.47. The Balaban J connectivity index is 1.83. The lowest BCUT2D eigenvalue weighted by atomic mass is 10.00. The molecule has 0 aliphatic carbocycles. The lowest BCUT2D eigenvalue weighted by Crippen LogP contribution is -2.40. The predicted molar refractivity (Wildman–Crippen MR) is 70.7 cm³/mol. The monoisotopic (exact) mass is 250 g/mol. The average Bonchev–Trinajstić information content (AvgIpc) is 2.36. The number of nitrogens with zero attached hydrogens (tertiary/aromatic N) is 1. The van der Waals surface area contributed by atoms with Gasteiger partial charge >= 0.3 is 0 Å². The third kappa shape index (κ3) is 3.68. The Bertz CT molecular complexity index is 357. The Morgan fingerprint density at radius 3 is 2.61 bits per heavy atom. The molecule has 2 rings (SSSR count). The van der Waals surface area contributed by atoms with E-state index in [4.69, 9.17) is 9.47 Å². The van der Waals surface area contributed by atoms with E-state index in [0.29, 0.717) is 24.1 Å². The second kappa shape index (κ2) is 6.16. The predicted octanol–water partition coefficient (Wildman–Crippen LogP) is 2.14. The summed E-state index contributed by atoms with van der Waals surface area (Å²) in [6.07, 6.45) is 4.71. The summed E-state index contributed by atoms with van der Waals surface area (Å²) in [5, 5.41) is 3.58. The van der Waals surface area contributed by atoms with Crippen molar-refractivity contribution in [1.82, 2.24) is 10.3 Å². The molecule has 100 valence electrons. The van der Waals surface area contributed by atoms with Gasteiger partial charge in [-0.1, -0.05) is 6.07 Å². The highest BCUT2D eigenvalue weighted by atomic mass is 16.5. The molecule has 0 aromatic carbocycles. The Hall–Kier alpha value is -1.13. The molecule has 4 nitrogen and oxygen atoms in total. The molecular formula is C14H22N2O2. The summed E-state index contributed by atoms with van der Waals surface area (Å²) in [7, 11) is 1.63. The van der Waals surface area contributed by atoms with Gasteiger partial charge in [0.1, 0.15) is 0 Å². The maximum absolute atomic E-state index is 5.73. The van der Waals surface area contributed by atoms with Gasteiger partial charge in [0.15, 0.2) is 0 Å². The Morgan fingerprint density at radius 2 is 2.06 bits per heavy atom. The van der Waals surface area contributed by atoms with Gasteiger partial charge in [-0.2, -0.15) is 0 Å². The van der Waals surface area contributed by atoms with Gasteiger partial charge in [-0.25, -0.2) is 4.98 Å². The van der Waals surface area contributed by atoms with Crippen LogP contribution in [0.3, 0.4) is 0 Å². The molecule has 1 saturated heterocycles. The van der Waals surface area contributed by atoms with E-state index in [9.17, 15) is 0 Å². The molecule has 2 atom stereocenters. The average molecular weight is 250 g/mol. The molecule has 1 fully saturated rings. The molecule has 0 amide bonds. The summed E-state index contributed by atoms with van der Waals surface area (Å²) >= 11 is 0. The summed E-state index contributed by atoms with van der Waals surface area (Å²) in [6, 6.07) is 4.47. The molecule has 4 heteroatoms. The molecular weight excluding hydrogens is 228 g/mol. The van der Waals surface area contributed by atoms with Gasteiger partial charge in [-0.3, -0.25) is 0 Å². The molecule has 2 heterocycles. The van der Waals surface area contributed by atoms with Crippen molar-refractivity contribution in [2.45, 2.75) is 51.5 Å².